The molecule has 1 unspecified atom stereocenters. The number of rotatable bonds is 7. The van der Waals surface area contributed by atoms with E-state index in [1.807, 2.05) is 36.1 Å². The molecule has 154 valence electrons. The summed E-state index contributed by atoms with van der Waals surface area (Å²) in [7, 11) is 1.65. The molecule has 1 aromatic carbocycles. The van der Waals surface area contributed by atoms with Crippen molar-refractivity contribution in [2.45, 2.75) is 45.1 Å². The predicted molar refractivity (Wildman–Crippen MR) is 109 cm³/mol. The second-order valence-corrected chi connectivity index (χ2v) is 7.91. The highest BCUT2D eigenvalue weighted by Crippen LogP contribution is 2.23. The number of methoxy groups -OCH3 is 1. The summed E-state index contributed by atoms with van der Waals surface area (Å²) in [6.45, 7) is 6.07. The van der Waals surface area contributed by atoms with Crippen molar-refractivity contribution in [3.8, 4) is 5.75 Å². The summed E-state index contributed by atoms with van der Waals surface area (Å²) < 4.78 is 5.16. The molecule has 0 bridgehead atoms. The van der Waals surface area contributed by atoms with Crippen molar-refractivity contribution in [3.63, 3.8) is 0 Å². The highest BCUT2D eigenvalue weighted by Gasteiger charge is 2.32. The molecule has 0 radical (unpaired) electrons. The number of piperidine rings is 1. The maximum atomic E-state index is 12.5. The van der Waals surface area contributed by atoms with Crippen LogP contribution in [0, 0.1) is 5.92 Å². The number of ether oxygens (including phenoxy) is 1. The third-order valence-electron chi connectivity index (χ3n) is 6.10. The van der Waals surface area contributed by atoms with Gasteiger partial charge < -0.3 is 15.0 Å². The van der Waals surface area contributed by atoms with Crippen LogP contribution >= 0.6 is 0 Å². The summed E-state index contributed by atoms with van der Waals surface area (Å²) in [6.07, 6.45) is 4.79. The SMILES string of the molecule is COc1ccc(CCNC(=O)C(C)N2CCC(C(=O)N3CCCC3)CC2)cc1. The van der Waals surface area contributed by atoms with Crippen molar-refractivity contribution in [2.24, 2.45) is 5.92 Å². The van der Waals surface area contributed by atoms with Gasteiger partial charge in [0.25, 0.3) is 0 Å². The highest BCUT2D eigenvalue weighted by atomic mass is 16.5. The van der Waals surface area contributed by atoms with Gasteiger partial charge in [-0.25, -0.2) is 0 Å². The Kier molecular flexibility index (Phi) is 7.31. The third-order valence-corrected chi connectivity index (χ3v) is 6.10. The zero-order valence-electron chi connectivity index (χ0n) is 17.2. The minimum atomic E-state index is -0.154. The van der Waals surface area contributed by atoms with Crippen molar-refractivity contribution in [1.82, 2.24) is 15.1 Å². The second kappa shape index (κ2) is 9.92. The van der Waals surface area contributed by atoms with E-state index in [9.17, 15) is 9.59 Å². The number of hydrogen-bond donors (Lipinski definition) is 1. The standard InChI is InChI=1S/C22H33N3O3/c1-17(21(26)23-12-9-18-5-7-20(28-2)8-6-18)24-15-10-19(11-16-24)22(27)25-13-3-4-14-25/h5-8,17,19H,3-4,9-16H2,1-2H3,(H,23,26). The van der Waals surface area contributed by atoms with Crippen LogP contribution in [0.15, 0.2) is 24.3 Å². The molecule has 2 aliphatic heterocycles. The molecule has 2 saturated heterocycles. The number of likely N-dealkylation sites (tertiary alicyclic amines) is 2. The normalized spacial score (nSPS) is 19.4. The largest absolute Gasteiger partial charge is 0.497 e. The van der Waals surface area contributed by atoms with Crippen LogP contribution in [-0.4, -0.2) is 67.5 Å². The van der Waals surface area contributed by atoms with E-state index in [2.05, 4.69) is 10.2 Å². The number of carbonyl (C=O) groups excluding carboxylic acids is 2. The second-order valence-electron chi connectivity index (χ2n) is 7.91. The lowest BCUT2D eigenvalue weighted by Gasteiger charge is -2.36. The maximum Gasteiger partial charge on any atom is 0.237 e. The fraction of sp³-hybridized carbons (Fsp3) is 0.636. The predicted octanol–water partition coefficient (Wildman–Crippen LogP) is 2.08. The van der Waals surface area contributed by atoms with E-state index < -0.39 is 0 Å². The average molecular weight is 388 g/mol. The molecule has 1 N–H and O–H groups in total. The molecule has 3 rings (SSSR count). The van der Waals surface area contributed by atoms with Gasteiger partial charge in [0.15, 0.2) is 0 Å². The first-order chi connectivity index (χ1) is 13.6. The molecule has 0 saturated carbocycles. The molecule has 0 aliphatic carbocycles. The number of nitrogens with one attached hydrogen (secondary N) is 1. The van der Waals surface area contributed by atoms with Crippen molar-refractivity contribution < 1.29 is 14.3 Å². The van der Waals surface area contributed by atoms with Gasteiger partial charge in [-0.2, -0.15) is 0 Å². The smallest absolute Gasteiger partial charge is 0.237 e. The van der Waals surface area contributed by atoms with Crippen LogP contribution in [-0.2, 0) is 16.0 Å². The zero-order chi connectivity index (χ0) is 19.9. The lowest BCUT2D eigenvalue weighted by atomic mass is 9.94. The van der Waals surface area contributed by atoms with E-state index in [0.717, 1.165) is 64.0 Å². The number of benzene rings is 1. The van der Waals surface area contributed by atoms with Crippen molar-refractivity contribution >= 4 is 11.8 Å². The molecule has 2 amide bonds. The summed E-state index contributed by atoms with van der Waals surface area (Å²) in [5, 5.41) is 3.05. The van der Waals surface area contributed by atoms with Crippen LogP contribution in [0.3, 0.4) is 0 Å². The van der Waals surface area contributed by atoms with E-state index in [1.165, 1.54) is 5.56 Å². The summed E-state index contributed by atoms with van der Waals surface area (Å²) in [5.41, 5.74) is 1.18. The Hall–Kier alpha value is -2.08. The van der Waals surface area contributed by atoms with Crippen LogP contribution in [0.4, 0.5) is 0 Å². The van der Waals surface area contributed by atoms with Crippen LogP contribution in [0.5, 0.6) is 5.75 Å². The molecule has 1 aromatic rings. The van der Waals surface area contributed by atoms with Gasteiger partial charge in [-0.05, 0) is 69.8 Å². The zero-order valence-corrected chi connectivity index (χ0v) is 17.2. The highest BCUT2D eigenvalue weighted by molar-refractivity contribution is 5.81. The number of hydrogen-bond acceptors (Lipinski definition) is 4. The van der Waals surface area contributed by atoms with Crippen molar-refractivity contribution in [2.75, 3.05) is 39.8 Å². The molecule has 2 aliphatic rings. The molecular formula is C22H33N3O3. The minimum absolute atomic E-state index is 0.0674. The number of amides is 2. The first-order valence-corrected chi connectivity index (χ1v) is 10.5. The van der Waals surface area contributed by atoms with Crippen LogP contribution in [0.2, 0.25) is 0 Å². The molecule has 0 aromatic heterocycles. The van der Waals surface area contributed by atoms with Gasteiger partial charge in [0.05, 0.1) is 13.2 Å². The molecule has 0 spiro atoms. The van der Waals surface area contributed by atoms with E-state index in [0.29, 0.717) is 12.5 Å². The van der Waals surface area contributed by atoms with Gasteiger partial charge in [0, 0.05) is 25.6 Å². The molecular weight excluding hydrogens is 354 g/mol. The number of carbonyl (C=O) groups is 2. The minimum Gasteiger partial charge on any atom is -0.497 e. The van der Waals surface area contributed by atoms with E-state index in [4.69, 9.17) is 4.74 Å². The van der Waals surface area contributed by atoms with Crippen LogP contribution in [0.1, 0.15) is 38.2 Å². The molecule has 28 heavy (non-hydrogen) atoms. The van der Waals surface area contributed by atoms with Crippen LogP contribution in [0.25, 0.3) is 0 Å². The summed E-state index contributed by atoms with van der Waals surface area (Å²) >= 11 is 0. The fourth-order valence-corrected chi connectivity index (χ4v) is 4.17. The quantitative estimate of drug-likeness (QED) is 0.778. The van der Waals surface area contributed by atoms with Gasteiger partial charge in [-0.3, -0.25) is 14.5 Å². The monoisotopic (exact) mass is 387 g/mol. The number of nitrogens with zero attached hydrogens (tertiary/aromatic N) is 2. The Labute approximate surface area is 168 Å². The van der Waals surface area contributed by atoms with E-state index in [1.54, 1.807) is 7.11 Å². The molecule has 6 heteroatoms. The van der Waals surface area contributed by atoms with Gasteiger partial charge >= 0.3 is 0 Å². The average Bonchev–Trinajstić information content (AvgIpc) is 3.28. The first-order valence-electron chi connectivity index (χ1n) is 10.5. The maximum absolute atomic E-state index is 12.5. The Morgan fingerprint density at radius 1 is 1.11 bits per heavy atom. The lowest BCUT2D eigenvalue weighted by molar-refractivity contribution is -0.136. The van der Waals surface area contributed by atoms with Gasteiger partial charge in [0.2, 0.25) is 11.8 Å². The first kappa shape index (κ1) is 20.6. The van der Waals surface area contributed by atoms with Crippen molar-refractivity contribution in [1.29, 1.82) is 0 Å². The molecule has 1 atom stereocenters. The summed E-state index contributed by atoms with van der Waals surface area (Å²) in [6, 6.07) is 7.77. The molecule has 6 nitrogen and oxygen atoms in total. The Morgan fingerprint density at radius 2 is 1.75 bits per heavy atom. The van der Waals surface area contributed by atoms with Gasteiger partial charge in [-0.1, -0.05) is 12.1 Å². The fourth-order valence-electron chi connectivity index (χ4n) is 4.17. The summed E-state index contributed by atoms with van der Waals surface area (Å²) in [5.74, 6) is 1.37. The Morgan fingerprint density at radius 3 is 2.36 bits per heavy atom. The third kappa shape index (κ3) is 5.25. The Bertz CT molecular complexity index is 647. The van der Waals surface area contributed by atoms with Crippen molar-refractivity contribution in [3.05, 3.63) is 29.8 Å². The van der Waals surface area contributed by atoms with Crippen LogP contribution < -0.4 is 10.1 Å². The van der Waals surface area contributed by atoms with Gasteiger partial charge in [0.1, 0.15) is 5.75 Å². The lowest BCUT2D eigenvalue weighted by Crippen LogP contribution is -2.50. The van der Waals surface area contributed by atoms with Gasteiger partial charge in [-0.15, -0.1) is 0 Å². The van der Waals surface area contributed by atoms with E-state index >= 15 is 0 Å². The molecule has 2 heterocycles. The molecule has 2 fully saturated rings. The Balaban J connectivity index is 1.38. The van der Waals surface area contributed by atoms with E-state index in [-0.39, 0.29) is 17.9 Å². The summed E-state index contributed by atoms with van der Waals surface area (Å²) in [4.78, 5) is 29.3. The topological polar surface area (TPSA) is 61.9 Å².